The van der Waals surface area contributed by atoms with Gasteiger partial charge in [-0.1, -0.05) is 6.92 Å². The Kier molecular flexibility index (Phi) is 4.13. The lowest BCUT2D eigenvalue weighted by Gasteiger charge is -2.29. The van der Waals surface area contributed by atoms with Crippen LogP contribution < -0.4 is 10.1 Å². The summed E-state index contributed by atoms with van der Waals surface area (Å²) in [5.74, 6) is 0.844. The second-order valence-electron chi connectivity index (χ2n) is 4.36. The molecule has 2 unspecified atom stereocenters. The van der Waals surface area contributed by atoms with Crippen molar-refractivity contribution in [3.63, 3.8) is 0 Å². The molecule has 2 heterocycles. The van der Waals surface area contributed by atoms with Gasteiger partial charge in [0.25, 0.3) is 5.69 Å². The molecule has 1 aromatic rings. The SMILES string of the molecule is CC1CCNCC1Oc1ncc([N+](=O)[O-])cc1Br. The number of rotatable bonds is 3. The monoisotopic (exact) mass is 315 g/mol. The molecule has 0 bridgehead atoms. The lowest BCUT2D eigenvalue weighted by molar-refractivity contribution is -0.385. The average Bonchev–Trinajstić information content (AvgIpc) is 2.34. The minimum Gasteiger partial charge on any atom is -0.472 e. The fraction of sp³-hybridized carbons (Fsp3) is 0.545. The first kappa shape index (κ1) is 13.2. The van der Waals surface area contributed by atoms with Gasteiger partial charge in [0.1, 0.15) is 12.3 Å². The Morgan fingerprint density at radius 1 is 1.67 bits per heavy atom. The summed E-state index contributed by atoms with van der Waals surface area (Å²) >= 11 is 3.25. The van der Waals surface area contributed by atoms with Gasteiger partial charge in [-0.05, 0) is 34.8 Å². The summed E-state index contributed by atoms with van der Waals surface area (Å²) in [5.41, 5.74) is -0.0518. The van der Waals surface area contributed by atoms with Gasteiger partial charge in [0.2, 0.25) is 5.88 Å². The molecule has 1 N–H and O–H groups in total. The molecule has 0 aromatic carbocycles. The average molecular weight is 316 g/mol. The summed E-state index contributed by atoms with van der Waals surface area (Å²) in [7, 11) is 0. The van der Waals surface area contributed by atoms with E-state index in [0.29, 0.717) is 16.3 Å². The van der Waals surface area contributed by atoms with E-state index < -0.39 is 4.92 Å². The fourth-order valence-electron chi connectivity index (χ4n) is 1.86. The first-order chi connectivity index (χ1) is 8.58. The second kappa shape index (κ2) is 5.62. The maximum Gasteiger partial charge on any atom is 0.288 e. The predicted octanol–water partition coefficient (Wildman–Crippen LogP) is 2.13. The lowest BCUT2D eigenvalue weighted by Crippen LogP contribution is -2.43. The van der Waals surface area contributed by atoms with Crippen LogP contribution in [0.15, 0.2) is 16.7 Å². The summed E-state index contributed by atoms with van der Waals surface area (Å²) in [6.45, 7) is 3.90. The highest BCUT2D eigenvalue weighted by Gasteiger charge is 2.24. The molecule has 2 atom stereocenters. The molecule has 0 radical (unpaired) electrons. The normalized spacial score (nSPS) is 23.7. The third-order valence-corrected chi connectivity index (χ3v) is 3.59. The number of nitrogens with zero attached hydrogens (tertiary/aromatic N) is 2. The van der Waals surface area contributed by atoms with E-state index in [1.165, 1.54) is 12.3 Å². The molecule has 0 amide bonds. The summed E-state index contributed by atoms with van der Waals surface area (Å²) < 4.78 is 6.30. The second-order valence-corrected chi connectivity index (χ2v) is 5.22. The molecule has 0 aliphatic carbocycles. The van der Waals surface area contributed by atoms with Crippen LogP contribution in [-0.2, 0) is 0 Å². The van der Waals surface area contributed by atoms with E-state index in [4.69, 9.17) is 4.74 Å². The number of hydrogen-bond acceptors (Lipinski definition) is 5. The zero-order chi connectivity index (χ0) is 13.1. The van der Waals surface area contributed by atoms with Crippen LogP contribution >= 0.6 is 15.9 Å². The number of aromatic nitrogens is 1. The zero-order valence-corrected chi connectivity index (χ0v) is 11.5. The highest BCUT2D eigenvalue weighted by atomic mass is 79.9. The minimum absolute atomic E-state index is 0.0454. The standard InChI is InChI=1S/C11H14BrN3O3/c1-7-2-3-13-6-10(7)18-11-9(12)4-8(5-14-11)15(16)17/h4-5,7,10,13H,2-3,6H2,1H3. The van der Waals surface area contributed by atoms with E-state index in [0.717, 1.165) is 19.5 Å². The molecule has 1 aliphatic rings. The van der Waals surface area contributed by atoms with Crippen molar-refractivity contribution >= 4 is 21.6 Å². The van der Waals surface area contributed by atoms with Gasteiger partial charge in [-0.3, -0.25) is 10.1 Å². The molecule has 18 heavy (non-hydrogen) atoms. The third kappa shape index (κ3) is 2.97. The summed E-state index contributed by atoms with van der Waals surface area (Å²) in [4.78, 5) is 14.1. The van der Waals surface area contributed by atoms with E-state index >= 15 is 0 Å². The molecule has 1 aromatic heterocycles. The van der Waals surface area contributed by atoms with E-state index in [-0.39, 0.29) is 11.8 Å². The van der Waals surface area contributed by atoms with Gasteiger partial charge in [0.05, 0.1) is 9.40 Å². The van der Waals surface area contributed by atoms with E-state index in [1.54, 1.807) is 0 Å². The third-order valence-electron chi connectivity index (χ3n) is 3.02. The van der Waals surface area contributed by atoms with Crippen molar-refractivity contribution in [3.05, 3.63) is 26.9 Å². The van der Waals surface area contributed by atoms with E-state index in [1.807, 2.05) is 0 Å². The van der Waals surface area contributed by atoms with Crippen molar-refractivity contribution < 1.29 is 9.66 Å². The Labute approximate surface area is 113 Å². The smallest absolute Gasteiger partial charge is 0.288 e. The molecule has 1 fully saturated rings. The highest BCUT2D eigenvalue weighted by Crippen LogP contribution is 2.28. The van der Waals surface area contributed by atoms with Crippen molar-refractivity contribution in [3.8, 4) is 5.88 Å². The largest absolute Gasteiger partial charge is 0.472 e. The van der Waals surface area contributed by atoms with Crippen LogP contribution in [0.25, 0.3) is 0 Å². The number of ether oxygens (including phenoxy) is 1. The van der Waals surface area contributed by atoms with E-state index in [9.17, 15) is 10.1 Å². The van der Waals surface area contributed by atoms with Crippen LogP contribution in [0.3, 0.4) is 0 Å². The lowest BCUT2D eigenvalue weighted by atomic mass is 9.97. The number of hydrogen-bond donors (Lipinski definition) is 1. The zero-order valence-electron chi connectivity index (χ0n) is 9.93. The van der Waals surface area contributed by atoms with Gasteiger partial charge < -0.3 is 10.1 Å². The molecule has 6 nitrogen and oxygen atoms in total. The quantitative estimate of drug-likeness (QED) is 0.683. The molecule has 98 valence electrons. The summed E-state index contributed by atoms with van der Waals surface area (Å²) in [6, 6.07) is 1.41. The number of nitro groups is 1. The molecule has 2 rings (SSSR count). The van der Waals surface area contributed by atoms with Crippen molar-refractivity contribution in [2.75, 3.05) is 13.1 Å². The predicted molar refractivity (Wildman–Crippen MR) is 69.7 cm³/mol. The number of nitrogens with one attached hydrogen (secondary N) is 1. The Morgan fingerprint density at radius 2 is 2.44 bits per heavy atom. The van der Waals surface area contributed by atoms with Gasteiger partial charge in [0.15, 0.2) is 0 Å². The van der Waals surface area contributed by atoms with Crippen molar-refractivity contribution in [2.45, 2.75) is 19.4 Å². The Balaban J connectivity index is 2.11. The molecular weight excluding hydrogens is 302 g/mol. The van der Waals surface area contributed by atoms with Gasteiger partial charge in [-0.25, -0.2) is 4.98 Å². The Hall–Kier alpha value is -1.21. The highest BCUT2D eigenvalue weighted by molar-refractivity contribution is 9.10. The van der Waals surface area contributed by atoms with Gasteiger partial charge in [-0.2, -0.15) is 0 Å². The van der Waals surface area contributed by atoms with Crippen molar-refractivity contribution in [1.82, 2.24) is 10.3 Å². The van der Waals surface area contributed by atoms with Crippen LogP contribution in [0.2, 0.25) is 0 Å². The first-order valence-corrected chi connectivity index (χ1v) is 6.54. The van der Waals surface area contributed by atoms with Gasteiger partial charge in [0, 0.05) is 12.6 Å². The summed E-state index contributed by atoms with van der Waals surface area (Å²) in [5, 5.41) is 13.9. The molecular formula is C11H14BrN3O3. The molecule has 1 aliphatic heterocycles. The minimum atomic E-state index is -0.480. The topological polar surface area (TPSA) is 77.3 Å². The van der Waals surface area contributed by atoms with Gasteiger partial charge >= 0.3 is 0 Å². The number of pyridine rings is 1. The van der Waals surface area contributed by atoms with Crippen LogP contribution in [0, 0.1) is 16.0 Å². The van der Waals surface area contributed by atoms with Crippen LogP contribution in [0.1, 0.15) is 13.3 Å². The molecule has 0 saturated carbocycles. The molecule has 7 heteroatoms. The molecule has 1 saturated heterocycles. The van der Waals surface area contributed by atoms with Crippen LogP contribution in [0.4, 0.5) is 5.69 Å². The van der Waals surface area contributed by atoms with Crippen LogP contribution in [-0.4, -0.2) is 29.1 Å². The fourth-order valence-corrected chi connectivity index (χ4v) is 2.29. The van der Waals surface area contributed by atoms with Crippen molar-refractivity contribution in [1.29, 1.82) is 0 Å². The molecule has 0 spiro atoms. The Bertz CT molecular complexity index is 455. The van der Waals surface area contributed by atoms with Crippen LogP contribution in [0.5, 0.6) is 5.88 Å². The maximum atomic E-state index is 10.6. The van der Waals surface area contributed by atoms with Gasteiger partial charge in [-0.15, -0.1) is 0 Å². The first-order valence-electron chi connectivity index (χ1n) is 5.75. The summed E-state index contributed by atoms with van der Waals surface area (Å²) in [6.07, 6.45) is 2.31. The maximum absolute atomic E-state index is 10.6. The Morgan fingerprint density at radius 3 is 3.06 bits per heavy atom. The van der Waals surface area contributed by atoms with Crippen molar-refractivity contribution in [2.24, 2.45) is 5.92 Å². The van der Waals surface area contributed by atoms with E-state index in [2.05, 4.69) is 33.2 Å². The number of halogens is 1. The number of piperidine rings is 1.